The zero-order valence-corrected chi connectivity index (χ0v) is 10.4. The van der Waals surface area contributed by atoms with Crippen LogP contribution in [0.25, 0.3) is 0 Å². The topological polar surface area (TPSA) is 92.4 Å². The standard InChI is InChI=1S/C11H16N2O3S/c1-17(16)6-2-5-13-10-7-8(11(14)15)3-4-9(10)12/h3-4,7,13H,2,5-6,12H2,1H3,(H,14,15). The van der Waals surface area contributed by atoms with Gasteiger partial charge in [0.25, 0.3) is 0 Å². The monoisotopic (exact) mass is 256 g/mol. The maximum atomic E-state index is 10.8. The SMILES string of the molecule is CS(=O)CCCNc1cc(C(=O)O)ccc1N. The lowest BCUT2D eigenvalue weighted by molar-refractivity contribution is 0.0697. The molecule has 17 heavy (non-hydrogen) atoms. The minimum atomic E-state index is -0.984. The number of benzene rings is 1. The van der Waals surface area contributed by atoms with Crippen molar-refractivity contribution in [1.29, 1.82) is 0 Å². The maximum absolute atomic E-state index is 10.8. The van der Waals surface area contributed by atoms with E-state index < -0.39 is 16.8 Å². The maximum Gasteiger partial charge on any atom is 0.335 e. The van der Waals surface area contributed by atoms with E-state index in [1.54, 1.807) is 12.3 Å². The van der Waals surface area contributed by atoms with Crippen molar-refractivity contribution in [2.45, 2.75) is 6.42 Å². The summed E-state index contributed by atoms with van der Waals surface area (Å²) in [4.78, 5) is 10.8. The Hall–Kier alpha value is -1.56. The summed E-state index contributed by atoms with van der Waals surface area (Å²) >= 11 is 0. The molecule has 0 aliphatic rings. The molecule has 0 radical (unpaired) electrons. The largest absolute Gasteiger partial charge is 0.478 e. The van der Waals surface area contributed by atoms with E-state index in [-0.39, 0.29) is 5.56 Å². The van der Waals surface area contributed by atoms with E-state index in [0.717, 1.165) is 6.42 Å². The van der Waals surface area contributed by atoms with Crippen LogP contribution in [-0.2, 0) is 10.8 Å². The van der Waals surface area contributed by atoms with Gasteiger partial charge in [0.1, 0.15) is 0 Å². The first-order chi connectivity index (χ1) is 8.00. The molecule has 0 amide bonds. The predicted octanol–water partition coefficient (Wildman–Crippen LogP) is 1.15. The van der Waals surface area contributed by atoms with E-state index in [0.29, 0.717) is 23.7 Å². The van der Waals surface area contributed by atoms with Gasteiger partial charge in [-0.15, -0.1) is 0 Å². The van der Waals surface area contributed by atoms with Gasteiger partial charge in [-0.2, -0.15) is 0 Å². The second kappa shape index (κ2) is 6.24. The lowest BCUT2D eigenvalue weighted by atomic mass is 10.1. The first-order valence-electron chi connectivity index (χ1n) is 5.17. The molecule has 0 aliphatic heterocycles. The Balaban J connectivity index is 2.60. The third kappa shape index (κ3) is 4.44. The van der Waals surface area contributed by atoms with Crippen molar-refractivity contribution in [2.75, 3.05) is 29.6 Å². The average molecular weight is 256 g/mol. The quantitative estimate of drug-likeness (QED) is 0.524. The zero-order chi connectivity index (χ0) is 12.8. The fraction of sp³-hybridized carbons (Fsp3) is 0.364. The number of rotatable bonds is 6. The first kappa shape index (κ1) is 13.5. The van der Waals surface area contributed by atoms with Gasteiger partial charge in [0.2, 0.25) is 0 Å². The molecule has 6 heteroatoms. The van der Waals surface area contributed by atoms with E-state index in [1.165, 1.54) is 12.1 Å². The van der Waals surface area contributed by atoms with Crippen LogP contribution in [0.3, 0.4) is 0 Å². The number of aromatic carboxylic acids is 1. The molecule has 0 saturated heterocycles. The van der Waals surface area contributed by atoms with Gasteiger partial charge in [-0.1, -0.05) is 0 Å². The minimum absolute atomic E-state index is 0.195. The average Bonchev–Trinajstić information content (AvgIpc) is 2.25. The van der Waals surface area contributed by atoms with E-state index in [9.17, 15) is 9.00 Å². The van der Waals surface area contributed by atoms with E-state index >= 15 is 0 Å². The van der Waals surface area contributed by atoms with Gasteiger partial charge in [-0.05, 0) is 24.6 Å². The summed E-state index contributed by atoms with van der Waals surface area (Å²) in [6, 6.07) is 4.52. The molecule has 0 spiro atoms. The highest BCUT2D eigenvalue weighted by Crippen LogP contribution is 2.19. The van der Waals surface area contributed by atoms with Crippen LogP contribution in [-0.4, -0.2) is 33.8 Å². The second-order valence-corrected chi connectivity index (χ2v) is 5.22. The number of carboxylic acids is 1. The molecule has 0 fully saturated rings. The summed E-state index contributed by atoms with van der Waals surface area (Å²) in [6.07, 6.45) is 2.40. The third-order valence-corrected chi connectivity index (χ3v) is 3.09. The van der Waals surface area contributed by atoms with Crippen molar-refractivity contribution in [3.63, 3.8) is 0 Å². The van der Waals surface area contributed by atoms with E-state index in [4.69, 9.17) is 10.8 Å². The van der Waals surface area contributed by atoms with Gasteiger partial charge < -0.3 is 16.2 Å². The van der Waals surface area contributed by atoms with Crippen molar-refractivity contribution in [3.05, 3.63) is 23.8 Å². The lowest BCUT2D eigenvalue weighted by Gasteiger charge is -2.09. The van der Waals surface area contributed by atoms with Crippen molar-refractivity contribution >= 4 is 28.1 Å². The summed E-state index contributed by atoms with van der Waals surface area (Å²) in [6.45, 7) is 0.618. The van der Waals surface area contributed by atoms with Crippen LogP contribution in [0.1, 0.15) is 16.8 Å². The zero-order valence-electron chi connectivity index (χ0n) is 9.60. The molecule has 1 atom stereocenters. The normalized spacial score (nSPS) is 12.1. The summed E-state index contributed by atoms with van der Waals surface area (Å²) < 4.78 is 10.8. The smallest absolute Gasteiger partial charge is 0.335 e. The Kier molecular flexibility index (Phi) is 4.96. The van der Waals surface area contributed by atoms with Crippen LogP contribution in [0, 0.1) is 0 Å². The predicted molar refractivity (Wildman–Crippen MR) is 69.9 cm³/mol. The molecule has 0 aromatic heterocycles. The molecular formula is C11H16N2O3S. The number of hydrogen-bond acceptors (Lipinski definition) is 4. The number of nitrogen functional groups attached to an aromatic ring is 1. The fourth-order valence-electron chi connectivity index (χ4n) is 1.34. The molecule has 1 aromatic rings. The minimum Gasteiger partial charge on any atom is -0.478 e. The molecule has 1 aromatic carbocycles. The van der Waals surface area contributed by atoms with Crippen LogP contribution in [0.5, 0.6) is 0 Å². The third-order valence-electron chi connectivity index (χ3n) is 2.22. The molecule has 1 unspecified atom stereocenters. The first-order valence-corrected chi connectivity index (χ1v) is 6.90. The molecule has 5 nitrogen and oxygen atoms in total. The summed E-state index contributed by atoms with van der Waals surface area (Å²) in [5, 5.41) is 11.9. The molecule has 94 valence electrons. The second-order valence-electron chi connectivity index (χ2n) is 3.66. The van der Waals surface area contributed by atoms with Gasteiger partial charge in [0, 0.05) is 29.4 Å². The summed E-state index contributed by atoms with van der Waals surface area (Å²) in [5.41, 5.74) is 7.02. The van der Waals surface area contributed by atoms with Crippen molar-refractivity contribution in [2.24, 2.45) is 0 Å². The Morgan fingerprint density at radius 2 is 2.24 bits per heavy atom. The molecular weight excluding hydrogens is 240 g/mol. The van der Waals surface area contributed by atoms with Crippen molar-refractivity contribution < 1.29 is 14.1 Å². The molecule has 0 aliphatic carbocycles. The Labute approximate surface area is 102 Å². The number of nitrogens with two attached hydrogens (primary N) is 1. The fourth-order valence-corrected chi connectivity index (χ4v) is 1.89. The van der Waals surface area contributed by atoms with Crippen LogP contribution in [0.15, 0.2) is 18.2 Å². The molecule has 0 saturated carbocycles. The van der Waals surface area contributed by atoms with Gasteiger partial charge in [0.15, 0.2) is 0 Å². The molecule has 4 N–H and O–H groups in total. The van der Waals surface area contributed by atoms with Crippen LogP contribution < -0.4 is 11.1 Å². The van der Waals surface area contributed by atoms with Crippen LogP contribution in [0.4, 0.5) is 11.4 Å². The van der Waals surface area contributed by atoms with Crippen molar-refractivity contribution in [3.8, 4) is 0 Å². The van der Waals surface area contributed by atoms with Gasteiger partial charge in [-0.25, -0.2) is 4.79 Å². The Morgan fingerprint density at radius 1 is 1.53 bits per heavy atom. The summed E-state index contributed by atoms with van der Waals surface area (Å²) in [5.74, 6) is -0.367. The highest BCUT2D eigenvalue weighted by Gasteiger charge is 2.06. The number of carboxylic acid groups (broad SMARTS) is 1. The highest BCUT2D eigenvalue weighted by molar-refractivity contribution is 7.84. The van der Waals surface area contributed by atoms with E-state index in [1.807, 2.05) is 0 Å². The van der Waals surface area contributed by atoms with E-state index in [2.05, 4.69) is 5.32 Å². The molecule has 1 rings (SSSR count). The molecule has 0 bridgehead atoms. The lowest BCUT2D eigenvalue weighted by Crippen LogP contribution is -2.08. The number of nitrogens with one attached hydrogen (secondary N) is 1. The van der Waals surface area contributed by atoms with Gasteiger partial charge >= 0.3 is 5.97 Å². The van der Waals surface area contributed by atoms with Crippen LogP contribution >= 0.6 is 0 Å². The molecule has 0 heterocycles. The Bertz CT molecular complexity index is 435. The van der Waals surface area contributed by atoms with Crippen molar-refractivity contribution in [1.82, 2.24) is 0 Å². The highest BCUT2D eigenvalue weighted by atomic mass is 32.2. The Morgan fingerprint density at radius 3 is 2.82 bits per heavy atom. The number of hydrogen-bond donors (Lipinski definition) is 3. The summed E-state index contributed by atoms with van der Waals surface area (Å²) in [7, 11) is -0.806. The van der Waals surface area contributed by atoms with Crippen LogP contribution in [0.2, 0.25) is 0 Å². The van der Waals surface area contributed by atoms with Gasteiger partial charge in [-0.3, -0.25) is 4.21 Å². The number of anilines is 2. The van der Waals surface area contributed by atoms with Gasteiger partial charge in [0.05, 0.1) is 16.9 Å². The number of carbonyl (C=O) groups is 1.